The monoisotopic (exact) mass is 429 g/mol. The molecule has 0 aromatic heterocycles. The van der Waals surface area contributed by atoms with Crippen LogP contribution in [0, 0.1) is 6.07 Å². The van der Waals surface area contributed by atoms with Crippen molar-refractivity contribution in [2.45, 2.75) is 58.8 Å². The van der Waals surface area contributed by atoms with E-state index in [1.54, 1.807) is 0 Å². The molecule has 0 atom stereocenters. The molecule has 1 radical (unpaired) electrons. The fraction of sp³-hybridized carbons (Fsp3) is 0.273. The minimum atomic E-state index is 0.0380. The van der Waals surface area contributed by atoms with Gasteiger partial charge in [-0.1, -0.05) is 102 Å². The predicted molar refractivity (Wildman–Crippen MR) is 142 cm³/mol. The van der Waals surface area contributed by atoms with Crippen LogP contribution >= 0.6 is 0 Å². The fourth-order valence-corrected chi connectivity index (χ4v) is 5.10. The zero-order chi connectivity index (χ0) is 23.4. The summed E-state index contributed by atoms with van der Waals surface area (Å²) in [6, 6.07) is 32.8. The van der Waals surface area contributed by atoms with Gasteiger partial charge in [0.1, 0.15) is 0 Å². The Morgan fingerprint density at radius 3 is 1.70 bits per heavy atom. The second-order valence-corrected chi connectivity index (χ2v) is 11.4. The van der Waals surface area contributed by atoms with Gasteiger partial charge in [-0.05, 0) is 97.2 Å². The van der Waals surface area contributed by atoms with Crippen LogP contribution < -0.4 is 0 Å². The molecule has 1 aliphatic rings. The second-order valence-electron chi connectivity index (χ2n) is 11.4. The molecule has 0 unspecified atom stereocenters. The van der Waals surface area contributed by atoms with E-state index in [1.807, 2.05) is 0 Å². The van der Waals surface area contributed by atoms with E-state index < -0.39 is 0 Å². The summed E-state index contributed by atoms with van der Waals surface area (Å²) in [6.45, 7) is 13.9. The highest BCUT2D eigenvalue weighted by Crippen LogP contribution is 2.46. The van der Waals surface area contributed by atoms with Crippen molar-refractivity contribution in [2.75, 3.05) is 0 Å². The van der Waals surface area contributed by atoms with E-state index in [-0.39, 0.29) is 10.8 Å². The van der Waals surface area contributed by atoms with Crippen molar-refractivity contribution in [1.82, 2.24) is 0 Å². The minimum Gasteiger partial charge on any atom is -0.0622 e. The van der Waals surface area contributed by atoms with Crippen LogP contribution in [0.5, 0.6) is 0 Å². The van der Waals surface area contributed by atoms with Crippen LogP contribution in [0.1, 0.15) is 63.8 Å². The third-order valence-electron chi connectivity index (χ3n) is 6.82. The van der Waals surface area contributed by atoms with Crippen LogP contribution in [-0.2, 0) is 17.3 Å². The maximum Gasteiger partial charge on any atom is -0.000683 e. The summed E-state index contributed by atoms with van der Waals surface area (Å²) in [7, 11) is 0. The zero-order valence-corrected chi connectivity index (χ0v) is 20.7. The van der Waals surface area contributed by atoms with Crippen molar-refractivity contribution in [3.8, 4) is 33.4 Å². The Balaban J connectivity index is 1.74. The number of hydrogen-bond acceptors (Lipinski definition) is 0. The molecule has 0 saturated carbocycles. The van der Waals surface area contributed by atoms with Gasteiger partial charge in [0.25, 0.3) is 0 Å². The molecule has 33 heavy (non-hydrogen) atoms. The molecule has 5 rings (SSSR count). The molecule has 0 N–H and O–H groups in total. The second kappa shape index (κ2) is 7.73. The molecule has 0 heteroatoms. The topological polar surface area (TPSA) is 0 Å². The van der Waals surface area contributed by atoms with Crippen molar-refractivity contribution < 1.29 is 0 Å². The predicted octanol–water partition coefficient (Wildman–Crippen LogP) is 8.99. The maximum absolute atomic E-state index is 3.88. The third kappa shape index (κ3) is 3.93. The molecule has 4 aromatic rings. The molecule has 0 nitrogen and oxygen atoms in total. The van der Waals surface area contributed by atoms with Crippen LogP contribution in [0.25, 0.3) is 33.4 Å². The molecule has 0 bridgehead atoms. The lowest BCUT2D eigenvalue weighted by Gasteiger charge is -2.26. The Morgan fingerprint density at radius 1 is 0.576 bits per heavy atom. The Bertz CT molecular complexity index is 1210. The van der Waals surface area contributed by atoms with Crippen molar-refractivity contribution in [2.24, 2.45) is 0 Å². The van der Waals surface area contributed by atoms with E-state index in [0.717, 1.165) is 6.42 Å². The van der Waals surface area contributed by atoms with Crippen molar-refractivity contribution in [3.63, 3.8) is 0 Å². The highest BCUT2D eigenvalue weighted by molar-refractivity contribution is 5.85. The van der Waals surface area contributed by atoms with Crippen molar-refractivity contribution in [3.05, 3.63) is 107 Å². The van der Waals surface area contributed by atoms with Gasteiger partial charge in [-0.2, -0.15) is 0 Å². The van der Waals surface area contributed by atoms with Crippen LogP contribution in [0.4, 0.5) is 0 Å². The van der Waals surface area contributed by atoms with Gasteiger partial charge < -0.3 is 0 Å². The van der Waals surface area contributed by atoms with Gasteiger partial charge >= 0.3 is 0 Å². The van der Waals surface area contributed by atoms with Gasteiger partial charge in [-0.15, -0.1) is 0 Å². The lowest BCUT2D eigenvalue weighted by molar-refractivity contribution is 0.591. The SMILES string of the molecule is CC(C)(C)c1cc2c([c]c1-c1ccccc1)Cc1cc(-c3ccccc3)c(C(C)(C)C)cc1-2. The van der Waals surface area contributed by atoms with E-state index in [4.69, 9.17) is 0 Å². The average Bonchev–Trinajstić information content (AvgIpc) is 3.14. The van der Waals surface area contributed by atoms with E-state index in [2.05, 4.69) is 126 Å². The number of rotatable bonds is 2. The molecule has 0 saturated heterocycles. The molecule has 4 aromatic carbocycles. The number of fused-ring (bicyclic) bond motifs is 3. The minimum absolute atomic E-state index is 0.0380. The molecule has 0 aliphatic heterocycles. The maximum atomic E-state index is 3.88. The molecular formula is C33H33. The standard InChI is InChI=1S/C33H33/c1-32(2,3)30-20-26-24(18-28(30)22-13-9-7-10-14-22)17-25-19-29(23-15-11-8-12-16-23)31(21-27(25)26)33(4,5)6/h7-16,18,20-21H,17H2,1-6H3. The molecule has 0 heterocycles. The van der Waals surface area contributed by atoms with E-state index in [9.17, 15) is 0 Å². The summed E-state index contributed by atoms with van der Waals surface area (Å²) in [6.07, 6.45) is 0.944. The Labute approximate surface area is 199 Å². The van der Waals surface area contributed by atoms with Gasteiger partial charge in [0, 0.05) is 0 Å². The summed E-state index contributed by atoms with van der Waals surface area (Å²) in [5.74, 6) is 0. The van der Waals surface area contributed by atoms with Crippen LogP contribution in [-0.4, -0.2) is 0 Å². The zero-order valence-electron chi connectivity index (χ0n) is 20.7. The lowest BCUT2D eigenvalue weighted by Crippen LogP contribution is -2.14. The highest BCUT2D eigenvalue weighted by atomic mass is 14.3. The largest absolute Gasteiger partial charge is 0.0622 e. The Kier molecular flexibility index (Phi) is 5.09. The average molecular weight is 430 g/mol. The van der Waals surface area contributed by atoms with E-state index in [1.165, 1.54) is 55.6 Å². The van der Waals surface area contributed by atoms with E-state index >= 15 is 0 Å². The Morgan fingerprint density at radius 2 is 1.12 bits per heavy atom. The molecule has 165 valence electrons. The van der Waals surface area contributed by atoms with Gasteiger partial charge in [0.2, 0.25) is 0 Å². The van der Waals surface area contributed by atoms with Gasteiger partial charge in [-0.3, -0.25) is 0 Å². The van der Waals surface area contributed by atoms with Crippen molar-refractivity contribution >= 4 is 0 Å². The van der Waals surface area contributed by atoms with Gasteiger partial charge in [-0.25, -0.2) is 0 Å². The smallest absolute Gasteiger partial charge is 0.000683 e. The third-order valence-corrected chi connectivity index (χ3v) is 6.82. The molecule has 0 spiro atoms. The molecule has 1 aliphatic carbocycles. The van der Waals surface area contributed by atoms with E-state index in [0.29, 0.717) is 0 Å². The first-order chi connectivity index (χ1) is 15.6. The van der Waals surface area contributed by atoms with Crippen molar-refractivity contribution in [1.29, 1.82) is 0 Å². The van der Waals surface area contributed by atoms with Crippen LogP contribution in [0.3, 0.4) is 0 Å². The number of hydrogen-bond donors (Lipinski definition) is 0. The summed E-state index contributed by atoms with van der Waals surface area (Å²) in [4.78, 5) is 0. The van der Waals surface area contributed by atoms with Gasteiger partial charge in [0.15, 0.2) is 0 Å². The summed E-state index contributed by atoms with van der Waals surface area (Å²) in [5.41, 5.74) is 13.5. The fourth-order valence-electron chi connectivity index (χ4n) is 5.10. The first kappa shape index (κ1) is 21.7. The Hall–Kier alpha value is -3.12. The molecule has 0 fully saturated rings. The lowest BCUT2D eigenvalue weighted by atomic mass is 9.78. The van der Waals surface area contributed by atoms with Crippen LogP contribution in [0.15, 0.2) is 78.9 Å². The molecule has 0 amide bonds. The molecular weight excluding hydrogens is 396 g/mol. The highest BCUT2D eigenvalue weighted by Gasteiger charge is 2.29. The van der Waals surface area contributed by atoms with Crippen LogP contribution in [0.2, 0.25) is 0 Å². The first-order valence-electron chi connectivity index (χ1n) is 12.0. The quantitative estimate of drug-likeness (QED) is 0.263. The summed E-state index contributed by atoms with van der Waals surface area (Å²) >= 11 is 0. The normalized spacial score (nSPS) is 13.0. The number of benzene rings is 4. The first-order valence-corrected chi connectivity index (χ1v) is 12.0. The summed E-state index contributed by atoms with van der Waals surface area (Å²) in [5, 5.41) is 0. The van der Waals surface area contributed by atoms with Gasteiger partial charge in [0.05, 0.1) is 0 Å². The summed E-state index contributed by atoms with van der Waals surface area (Å²) < 4.78 is 0.